The van der Waals surface area contributed by atoms with E-state index < -0.39 is 7.82 Å². The molecule has 0 amide bonds. The molecule has 5 nitrogen and oxygen atoms in total. The molecule has 0 heterocycles. The maximum Gasteiger partial charge on any atom is 0.466 e. The predicted octanol–water partition coefficient (Wildman–Crippen LogP) is 5.28. The lowest BCUT2D eigenvalue weighted by atomic mass is 10.0. The zero-order valence-electron chi connectivity index (χ0n) is 15.8. The molecule has 0 saturated carbocycles. The number of phosphoric acid groups is 1. The number of hydrogen-bond acceptors (Lipinski definition) is 2. The van der Waals surface area contributed by atoms with Gasteiger partial charge in [-0.2, -0.15) is 0 Å². The van der Waals surface area contributed by atoms with Crippen molar-refractivity contribution in [2.75, 3.05) is 6.54 Å². The summed E-state index contributed by atoms with van der Waals surface area (Å²) in [6.07, 6.45) is 22.9. The third-order valence-corrected chi connectivity index (χ3v) is 4.06. The van der Waals surface area contributed by atoms with Gasteiger partial charge < -0.3 is 20.4 Å². The minimum Gasteiger partial charge on any atom is -0.330 e. The molecule has 0 bridgehead atoms. The van der Waals surface area contributed by atoms with Gasteiger partial charge in [0.05, 0.1) is 0 Å². The third-order valence-electron chi connectivity index (χ3n) is 4.06. The first-order valence-electron chi connectivity index (χ1n) is 9.90. The molecule has 0 atom stereocenters. The van der Waals surface area contributed by atoms with E-state index in [0.717, 1.165) is 6.54 Å². The highest BCUT2D eigenvalue weighted by atomic mass is 31.2. The molecular formula is C18H42NO4P. The van der Waals surface area contributed by atoms with Gasteiger partial charge in [-0.3, -0.25) is 0 Å². The number of rotatable bonds is 16. The molecule has 0 rings (SSSR count). The van der Waals surface area contributed by atoms with E-state index in [4.69, 9.17) is 25.0 Å². The molecule has 0 aliphatic heterocycles. The van der Waals surface area contributed by atoms with Gasteiger partial charge in [-0.1, -0.05) is 103 Å². The molecule has 24 heavy (non-hydrogen) atoms. The molecule has 0 aliphatic carbocycles. The van der Waals surface area contributed by atoms with Gasteiger partial charge >= 0.3 is 7.82 Å². The summed E-state index contributed by atoms with van der Waals surface area (Å²) in [6.45, 7) is 3.16. The smallest absolute Gasteiger partial charge is 0.330 e. The van der Waals surface area contributed by atoms with Crippen LogP contribution < -0.4 is 5.73 Å². The van der Waals surface area contributed by atoms with Crippen molar-refractivity contribution in [2.45, 2.75) is 110 Å². The fraction of sp³-hybridized carbons (Fsp3) is 1.00. The number of nitrogens with two attached hydrogens (primary N) is 1. The van der Waals surface area contributed by atoms with Crippen LogP contribution in [0.25, 0.3) is 0 Å². The van der Waals surface area contributed by atoms with Crippen molar-refractivity contribution in [2.24, 2.45) is 5.73 Å². The van der Waals surface area contributed by atoms with Gasteiger partial charge in [0.25, 0.3) is 0 Å². The van der Waals surface area contributed by atoms with Crippen molar-refractivity contribution >= 4 is 7.82 Å². The molecule has 6 heteroatoms. The van der Waals surface area contributed by atoms with Crippen molar-refractivity contribution in [1.82, 2.24) is 0 Å². The van der Waals surface area contributed by atoms with E-state index in [2.05, 4.69) is 6.92 Å². The maximum atomic E-state index is 8.88. The zero-order valence-corrected chi connectivity index (χ0v) is 16.7. The minimum absolute atomic E-state index is 0.873. The first kappa shape index (κ1) is 26.3. The molecule has 0 aliphatic rings. The second-order valence-corrected chi connectivity index (χ2v) is 7.63. The van der Waals surface area contributed by atoms with Crippen LogP contribution in [-0.4, -0.2) is 21.2 Å². The molecule has 0 saturated heterocycles. The van der Waals surface area contributed by atoms with Crippen LogP contribution in [0.1, 0.15) is 110 Å². The van der Waals surface area contributed by atoms with E-state index in [1.807, 2.05) is 0 Å². The Labute approximate surface area is 149 Å². The van der Waals surface area contributed by atoms with Crippen molar-refractivity contribution < 1.29 is 19.2 Å². The second-order valence-electron chi connectivity index (χ2n) is 6.61. The SMILES string of the molecule is CCCCCCCCCCCCCCCCCCN.O=P(O)(O)O. The Morgan fingerprint density at radius 1 is 0.583 bits per heavy atom. The van der Waals surface area contributed by atoms with Crippen LogP contribution in [0.3, 0.4) is 0 Å². The van der Waals surface area contributed by atoms with Crippen molar-refractivity contribution in [3.63, 3.8) is 0 Å². The Kier molecular flexibility index (Phi) is 23.1. The Balaban J connectivity index is 0. The summed E-state index contributed by atoms with van der Waals surface area (Å²) in [5.74, 6) is 0. The summed E-state index contributed by atoms with van der Waals surface area (Å²) in [4.78, 5) is 21.6. The fourth-order valence-corrected chi connectivity index (χ4v) is 2.69. The highest BCUT2D eigenvalue weighted by molar-refractivity contribution is 7.45. The van der Waals surface area contributed by atoms with Gasteiger partial charge in [0.2, 0.25) is 0 Å². The molecule has 0 fully saturated rings. The van der Waals surface area contributed by atoms with E-state index in [1.54, 1.807) is 0 Å². The Morgan fingerprint density at radius 2 is 0.792 bits per heavy atom. The van der Waals surface area contributed by atoms with Gasteiger partial charge in [-0.05, 0) is 13.0 Å². The van der Waals surface area contributed by atoms with Crippen LogP contribution in [0.5, 0.6) is 0 Å². The summed E-state index contributed by atoms with van der Waals surface area (Å²) in [7, 11) is -4.64. The Hall–Kier alpha value is 0.0700. The van der Waals surface area contributed by atoms with Crippen molar-refractivity contribution in [1.29, 1.82) is 0 Å². The van der Waals surface area contributed by atoms with Gasteiger partial charge in [0.1, 0.15) is 0 Å². The van der Waals surface area contributed by atoms with Crippen molar-refractivity contribution in [3.05, 3.63) is 0 Å². The van der Waals surface area contributed by atoms with Crippen LogP contribution in [0.15, 0.2) is 0 Å². The van der Waals surface area contributed by atoms with Crippen LogP contribution in [0, 0.1) is 0 Å². The molecule has 5 N–H and O–H groups in total. The first-order chi connectivity index (χ1) is 11.4. The van der Waals surface area contributed by atoms with E-state index in [-0.39, 0.29) is 0 Å². The monoisotopic (exact) mass is 367 g/mol. The predicted molar refractivity (Wildman–Crippen MR) is 103 cm³/mol. The molecule has 0 aromatic heterocycles. The zero-order chi connectivity index (χ0) is 18.5. The largest absolute Gasteiger partial charge is 0.466 e. The van der Waals surface area contributed by atoms with E-state index in [0.29, 0.717) is 0 Å². The standard InChI is InChI=1S/C18H39N.H3O4P/c1-2-3-4-5-6-7-8-9-10-11-12-13-14-15-16-17-18-19;1-5(2,3)4/h2-19H2,1H3;(H3,1,2,3,4). The highest BCUT2D eigenvalue weighted by Gasteiger charge is 2.00. The highest BCUT2D eigenvalue weighted by Crippen LogP contribution is 2.25. The first-order valence-corrected chi connectivity index (χ1v) is 11.5. The third kappa shape index (κ3) is 37.9. The summed E-state index contributed by atoms with van der Waals surface area (Å²) < 4.78 is 8.88. The van der Waals surface area contributed by atoms with Gasteiger partial charge in [-0.25, -0.2) is 4.57 Å². The van der Waals surface area contributed by atoms with Gasteiger partial charge in [-0.15, -0.1) is 0 Å². The fourth-order valence-electron chi connectivity index (χ4n) is 2.69. The topological polar surface area (TPSA) is 104 Å². The van der Waals surface area contributed by atoms with Gasteiger partial charge in [0.15, 0.2) is 0 Å². The van der Waals surface area contributed by atoms with Crippen LogP contribution in [0.2, 0.25) is 0 Å². The molecule has 0 radical (unpaired) electrons. The average Bonchev–Trinajstić information content (AvgIpc) is 2.49. The minimum atomic E-state index is -4.64. The molecule has 0 spiro atoms. The van der Waals surface area contributed by atoms with Crippen LogP contribution >= 0.6 is 7.82 Å². The van der Waals surface area contributed by atoms with Gasteiger partial charge in [0, 0.05) is 0 Å². The lowest BCUT2D eigenvalue weighted by Crippen LogP contribution is -1.97. The van der Waals surface area contributed by atoms with E-state index in [9.17, 15) is 0 Å². The molecule has 0 aromatic carbocycles. The molecule has 0 unspecified atom stereocenters. The summed E-state index contributed by atoms with van der Waals surface area (Å²) in [6, 6.07) is 0. The van der Waals surface area contributed by atoms with Crippen LogP contribution in [-0.2, 0) is 4.57 Å². The van der Waals surface area contributed by atoms with E-state index in [1.165, 1.54) is 103 Å². The molecular weight excluding hydrogens is 325 g/mol. The van der Waals surface area contributed by atoms with Crippen molar-refractivity contribution in [3.8, 4) is 0 Å². The quantitative estimate of drug-likeness (QED) is 0.219. The maximum absolute atomic E-state index is 8.88. The Morgan fingerprint density at radius 3 is 1.00 bits per heavy atom. The second kappa shape index (κ2) is 21.1. The number of unbranched alkanes of at least 4 members (excludes halogenated alkanes) is 15. The lowest BCUT2D eigenvalue weighted by molar-refractivity contribution is 0.275. The summed E-state index contributed by atoms with van der Waals surface area (Å²) in [5, 5.41) is 0. The molecule has 0 aromatic rings. The lowest BCUT2D eigenvalue weighted by Gasteiger charge is -2.03. The average molecular weight is 368 g/mol. The van der Waals surface area contributed by atoms with Crippen LogP contribution in [0.4, 0.5) is 0 Å². The summed E-state index contributed by atoms with van der Waals surface area (Å²) >= 11 is 0. The Bertz CT molecular complexity index is 247. The summed E-state index contributed by atoms with van der Waals surface area (Å²) in [5.41, 5.74) is 5.48. The normalized spacial score (nSPS) is 11.2. The van der Waals surface area contributed by atoms with E-state index >= 15 is 0 Å². The number of hydrogen-bond donors (Lipinski definition) is 4. The molecule has 148 valence electrons.